The zero-order valence-electron chi connectivity index (χ0n) is 4.17. The minimum absolute atomic E-state index is 0. The van der Waals surface area contributed by atoms with Gasteiger partial charge in [0.15, 0.2) is 0 Å². The van der Waals surface area contributed by atoms with E-state index in [2.05, 4.69) is 0 Å². The van der Waals surface area contributed by atoms with Gasteiger partial charge in [-0.2, -0.15) is 0 Å². The van der Waals surface area contributed by atoms with Crippen LogP contribution in [0.25, 0.3) is 0 Å². The van der Waals surface area contributed by atoms with Crippen molar-refractivity contribution in [2.45, 2.75) is 0 Å². The Morgan fingerprint density at radius 2 is 0.889 bits per heavy atom. The number of hydrogen-bond donors (Lipinski definition) is 0. The molecule has 0 saturated carbocycles. The monoisotopic (exact) mass is 181 g/mol. The summed E-state index contributed by atoms with van der Waals surface area (Å²) in [5.41, 5.74) is 0. The van der Waals surface area contributed by atoms with E-state index in [-0.39, 0.29) is 28.0 Å². The predicted molar refractivity (Wildman–Crippen MR) is 19.4 cm³/mol. The molecule has 4 N–H and O–H groups in total. The molecule has 57 valence electrons. The van der Waals surface area contributed by atoms with Crippen LogP contribution in [0.4, 0.5) is 0 Å². The van der Waals surface area contributed by atoms with Gasteiger partial charge in [-0.05, 0) is 0 Å². The Balaban J connectivity index is -0.00000000889. The molecule has 0 spiro atoms. The van der Waals surface area contributed by atoms with Crippen LogP contribution in [0.15, 0.2) is 0 Å². The average Bonchev–Trinajstić information content (AvgIpc) is 1.39. The van der Waals surface area contributed by atoms with Crippen molar-refractivity contribution < 1.29 is 47.8 Å². The largest absolute Gasteiger partial charge is 2.00 e. The second kappa shape index (κ2) is 158. The summed E-state index contributed by atoms with van der Waals surface area (Å²) in [6.45, 7) is -1.00. The molecule has 0 saturated heterocycles. The molecule has 0 aliphatic heterocycles. The van der Waals surface area contributed by atoms with Gasteiger partial charge < -0.3 is 30.8 Å². The molecule has 0 unspecified atom stereocenters. The van der Waals surface area contributed by atoms with Crippen LogP contribution in [0.2, 0.25) is 0 Å². The minimum atomic E-state index is -0.500. The van der Waals surface area contributed by atoms with E-state index in [1.54, 1.807) is 0 Å². The number of carboxylic acid groups (broad SMARTS) is 2. The van der Waals surface area contributed by atoms with Crippen molar-refractivity contribution in [3.05, 3.63) is 0 Å². The molecule has 1 radical (unpaired) electrons. The summed E-state index contributed by atoms with van der Waals surface area (Å²) in [6.07, 6.45) is 0. The third kappa shape index (κ3) is 555. The van der Waals surface area contributed by atoms with Gasteiger partial charge in [0, 0.05) is 12.9 Å². The zero-order valence-corrected chi connectivity index (χ0v) is 5.35. The van der Waals surface area contributed by atoms with Gasteiger partial charge in [0.2, 0.25) is 0 Å². The van der Waals surface area contributed by atoms with E-state index in [9.17, 15) is 0 Å². The third-order valence-corrected chi connectivity index (χ3v) is 0. The van der Waals surface area contributed by atoms with Gasteiger partial charge in [0.25, 0.3) is 0 Å². The Morgan fingerprint density at radius 3 is 0.889 bits per heavy atom. The molecule has 0 amide bonds. The van der Waals surface area contributed by atoms with Crippen molar-refractivity contribution in [1.82, 2.24) is 0 Å². The molecule has 7 heteroatoms. The van der Waals surface area contributed by atoms with Gasteiger partial charge >= 0.3 is 17.1 Å². The molecule has 0 aliphatic rings. The number of hydrogen-bond acceptors (Lipinski definition) is 4. The van der Waals surface area contributed by atoms with Gasteiger partial charge in [-0.1, -0.05) is 0 Å². The van der Waals surface area contributed by atoms with Gasteiger partial charge in [0.05, 0.1) is 0 Å². The molecular formula is C2H6MnO6. The smallest absolute Gasteiger partial charge is 0.554 e. The molecule has 6 nitrogen and oxygen atoms in total. The first-order valence-electron chi connectivity index (χ1n) is 0.943. The molecule has 0 aromatic heterocycles. The van der Waals surface area contributed by atoms with E-state index in [4.69, 9.17) is 19.8 Å². The van der Waals surface area contributed by atoms with E-state index < -0.39 is 12.9 Å². The summed E-state index contributed by atoms with van der Waals surface area (Å²) in [5, 5.41) is 16.5. The van der Waals surface area contributed by atoms with Gasteiger partial charge in [-0.15, -0.1) is 0 Å². The number of carbonyl (C=O) groups is 2. The standard InChI is InChI=1S/2CH2O2.Mn.2H2O/c2*2-1-3;;;/h2*1H,(H,2,3);;2*1H2/q;;+2;;/p-2. The minimum Gasteiger partial charge on any atom is -0.554 e. The molecular weight excluding hydrogens is 175 g/mol. The molecule has 0 aliphatic carbocycles. The third-order valence-electron chi connectivity index (χ3n) is 0. The molecule has 0 aromatic rings. The number of rotatable bonds is 0. The van der Waals surface area contributed by atoms with Crippen LogP contribution in [0.3, 0.4) is 0 Å². The van der Waals surface area contributed by atoms with Gasteiger partial charge in [0.1, 0.15) is 0 Å². The summed E-state index contributed by atoms with van der Waals surface area (Å²) in [7, 11) is 0. The van der Waals surface area contributed by atoms with Crippen LogP contribution >= 0.6 is 0 Å². The van der Waals surface area contributed by atoms with Crippen LogP contribution in [-0.4, -0.2) is 23.9 Å². The molecule has 0 aromatic carbocycles. The van der Waals surface area contributed by atoms with E-state index in [0.717, 1.165) is 0 Å². The van der Waals surface area contributed by atoms with Crippen LogP contribution in [0.5, 0.6) is 0 Å². The van der Waals surface area contributed by atoms with Crippen molar-refractivity contribution in [1.29, 1.82) is 0 Å². The van der Waals surface area contributed by atoms with E-state index in [1.807, 2.05) is 0 Å². The van der Waals surface area contributed by atoms with Gasteiger partial charge in [-0.25, -0.2) is 0 Å². The fourth-order valence-corrected chi connectivity index (χ4v) is 0. The van der Waals surface area contributed by atoms with Gasteiger partial charge in [-0.3, -0.25) is 0 Å². The molecule has 0 fully saturated rings. The summed E-state index contributed by atoms with van der Waals surface area (Å²) in [4.78, 5) is 16.5. The Labute approximate surface area is 61.6 Å². The Bertz CT molecular complexity index is 32.0. The predicted octanol–water partition coefficient (Wildman–Crippen LogP) is -4.92. The summed E-state index contributed by atoms with van der Waals surface area (Å²) in [5.74, 6) is 0. The summed E-state index contributed by atoms with van der Waals surface area (Å²) in [6, 6.07) is 0. The second-order valence-electron chi connectivity index (χ2n) is 0.192. The van der Waals surface area contributed by atoms with E-state index in [1.165, 1.54) is 0 Å². The fraction of sp³-hybridized carbons (Fsp3) is 0. The van der Waals surface area contributed by atoms with Crippen LogP contribution in [-0.2, 0) is 26.7 Å². The van der Waals surface area contributed by atoms with Crippen molar-refractivity contribution in [2.75, 3.05) is 0 Å². The van der Waals surface area contributed by atoms with E-state index in [0.29, 0.717) is 0 Å². The fourth-order valence-electron chi connectivity index (χ4n) is 0. The Hall–Kier alpha value is -0.621. The second-order valence-corrected chi connectivity index (χ2v) is 0.192. The quantitative estimate of drug-likeness (QED) is 0.272. The zero-order chi connectivity index (χ0) is 5.41. The van der Waals surface area contributed by atoms with Crippen LogP contribution < -0.4 is 10.2 Å². The first-order chi connectivity index (χ1) is 2.83. The summed E-state index contributed by atoms with van der Waals surface area (Å²) >= 11 is 0. The first-order valence-corrected chi connectivity index (χ1v) is 0.943. The molecule has 9 heavy (non-hydrogen) atoms. The topological polar surface area (TPSA) is 143 Å². The molecule has 0 atom stereocenters. The Kier molecular flexibility index (Phi) is 701. The maximum atomic E-state index is 8.25. The SMILES string of the molecule is O.O.O=C[O-].O=C[O-].[Mn+2]. The normalized spacial score (nSPS) is 2.67. The molecule has 0 heterocycles. The molecule has 0 rings (SSSR count). The maximum Gasteiger partial charge on any atom is 2.00 e. The first kappa shape index (κ1) is 40.0. The Morgan fingerprint density at radius 1 is 0.889 bits per heavy atom. The van der Waals surface area contributed by atoms with Crippen LogP contribution in [0, 0.1) is 0 Å². The average molecular weight is 181 g/mol. The molecule has 0 bridgehead atoms. The van der Waals surface area contributed by atoms with Crippen molar-refractivity contribution in [3.63, 3.8) is 0 Å². The number of carbonyl (C=O) groups excluding carboxylic acids is 2. The van der Waals surface area contributed by atoms with Crippen molar-refractivity contribution in [3.8, 4) is 0 Å². The van der Waals surface area contributed by atoms with Crippen molar-refractivity contribution in [2.24, 2.45) is 0 Å². The maximum absolute atomic E-state index is 8.25. The van der Waals surface area contributed by atoms with Crippen LogP contribution in [0.1, 0.15) is 0 Å². The summed E-state index contributed by atoms with van der Waals surface area (Å²) < 4.78 is 0. The van der Waals surface area contributed by atoms with E-state index >= 15 is 0 Å². The van der Waals surface area contributed by atoms with Crippen molar-refractivity contribution >= 4 is 12.9 Å².